The van der Waals surface area contributed by atoms with Gasteiger partial charge in [-0.3, -0.25) is 4.79 Å². The minimum atomic E-state index is 0.0137. The van der Waals surface area contributed by atoms with Gasteiger partial charge in [-0.05, 0) is 32.0 Å². The molecule has 1 aromatic carbocycles. The van der Waals surface area contributed by atoms with Gasteiger partial charge < -0.3 is 15.4 Å². The van der Waals surface area contributed by atoms with Crippen molar-refractivity contribution in [3.63, 3.8) is 0 Å². The van der Waals surface area contributed by atoms with Gasteiger partial charge >= 0.3 is 0 Å². The number of para-hydroxylation sites is 1. The molecule has 1 fully saturated rings. The quantitative estimate of drug-likeness (QED) is 0.880. The second-order valence-electron chi connectivity index (χ2n) is 5.38. The van der Waals surface area contributed by atoms with Crippen molar-refractivity contribution in [1.29, 1.82) is 0 Å². The second-order valence-corrected chi connectivity index (χ2v) is 5.79. The number of nitrogens with one attached hydrogen (secondary N) is 2. The third-order valence-electron chi connectivity index (χ3n) is 4.05. The summed E-state index contributed by atoms with van der Waals surface area (Å²) in [5, 5.41) is 7.06. The van der Waals surface area contributed by atoms with Crippen LogP contribution in [0.25, 0.3) is 0 Å². The van der Waals surface area contributed by atoms with Crippen molar-refractivity contribution in [1.82, 2.24) is 10.6 Å². The third kappa shape index (κ3) is 2.76. The van der Waals surface area contributed by atoms with E-state index in [1.165, 1.54) is 0 Å². The molecule has 0 aliphatic carbocycles. The fraction of sp³-hybridized carbons (Fsp3) is 0.533. The smallest absolute Gasteiger partial charge is 0.223 e. The van der Waals surface area contributed by atoms with Crippen LogP contribution >= 0.6 is 11.6 Å². The number of rotatable bonds is 2. The van der Waals surface area contributed by atoms with Crippen LogP contribution in [0.15, 0.2) is 18.2 Å². The van der Waals surface area contributed by atoms with E-state index >= 15 is 0 Å². The normalized spacial score (nSPS) is 22.8. The number of amides is 1. The first-order valence-corrected chi connectivity index (χ1v) is 7.56. The predicted molar refractivity (Wildman–Crippen MR) is 78.0 cm³/mol. The van der Waals surface area contributed by atoms with E-state index < -0.39 is 0 Å². The highest BCUT2D eigenvalue weighted by molar-refractivity contribution is 6.32. The number of fused-ring (bicyclic) bond motifs is 1. The lowest BCUT2D eigenvalue weighted by molar-refractivity contribution is -0.126. The Labute approximate surface area is 123 Å². The largest absolute Gasteiger partial charge is 0.492 e. The number of halogens is 1. The molecule has 2 heterocycles. The first-order valence-electron chi connectivity index (χ1n) is 7.18. The van der Waals surface area contributed by atoms with E-state index in [9.17, 15) is 4.79 Å². The second kappa shape index (κ2) is 6.02. The maximum atomic E-state index is 12.3. The summed E-state index contributed by atoms with van der Waals surface area (Å²) in [4.78, 5) is 12.3. The Morgan fingerprint density at radius 1 is 1.30 bits per heavy atom. The summed E-state index contributed by atoms with van der Waals surface area (Å²) >= 11 is 6.15. The van der Waals surface area contributed by atoms with Crippen LogP contribution in [0.1, 0.15) is 30.9 Å². The predicted octanol–water partition coefficient (Wildman–Crippen LogP) is 2.28. The van der Waals surface area contributed by atoms with E-state index in [1.807, 2.05) is 18.2 Å². The monoisotopic (exact) mass is 294 g/mol. The molecule has 0 aromatic heterocycles. The maximum Gasteiger partial charge on any atom is 0.223 e. The van der Waals surface area contributed by atoms with Crippen molar-refractivity contribution >= 4 is 17.5 Å². The molecule has 1 aromatic rings. The Balaban J connectivity index is 1.73. The van der Waals surface area contributed by atoms with Crippen molar-refractivity contribution in [3.8, 4) is 5.75 Å². The van der Waals surface area contributed by atoms with Crippen LogP contribution in [-0.2, 0) is 4.79 Å². The van der Waals surface area contributed by atoms with Gasteiger partial charge in [0.15, 0.2) is 0 Å². The Bertz CT molecular complexity index is 501. The van der Waals surface area contributed by atoms with E-state index in [1.54, 1.807) is 0 Å². The van der Waals surface area contributed by atoms with E-state index in [2.05, 4.69) is 10.6 Å². The van der Waals surface area contributed by atoms with Crippen molar-refractivity contribution in [2.45, 2.75) is 25.3 Å². The standard InChI is InChI=1S/C15H19ClN2O2/c16-12-3-1-2-11-13(6-9-20-14(11)12)18-15(19)10-4-7-17-8-5-10/h1-3,10,13,17H,4-9H2,(H,18,19). The van der Waals surface area contributed by atoms with Crippen LogP contribution in [0.5, 0.6) is 5.75 Å². The molecule has 108 valence electrons. The third-order valence-corrected chi connectivity index (χ3v) is 4.35. The number of ether oxygens (including phenoxy) is 1. The summed E-state index contributed by atoms with van der Waals surface area (Å²) in [6.07, 6.45) is 2.62. The highest BCUT2D eigenvalue weighted by Crippen LogP contribution is 2.37. The Morgan fingerprint density at radius 2 is 2.10 bits per heavy atom. The Kier molecular flexibility index (Phi) is 4.13. The molecular weight excluding hydrogens is 276 g/mol. The van der Waals surface area contributed by atoms with E-state index in [4.69, 9.17) is 16.3 Å². The molecule has 2 N–H and O–H groups in total. The topological polar surface area (TPSA) is 50.4 Å². The molecule has 0 radical (unpaired) electrons. The maximum absolute atomic E-state index is 12.3. The Hall–Kier alpha value is -1.26. The number of carbonyl (C=O) groups is 1. The van der Waals surface area contributed by atoms with Crippen LogP contribution in [0, 0.1) is 5.92 Å². The highest BCUT2D eigenvalue weighted by Gasteiger charge is 2.28. The number of hydrogen-bond donors (Lipinski definition) is 2. The summed E-state index contributed by atoms with van der Waals surface area (Å²) < 4.78 is 5.62. The molecular formula is C15H19ClN2O2. The molecule has 20 heavy (non-hydrogen) atoms. The van der Waals surface area contributed by atoms with Crippen LogP contribution in [-0.4, -0.2) is 25.6 Å². The molecule has 0 saturated carbocycles. The molecule has 1 unspecified atom stereocenters. The first kappa shape index (κ1) is 13.7. The van der Waals surface area contributed by atoms with Crippen LogP contribution in [0.2, 0.25) is 5.02 Å². The van der Waals surface area contributed by atoms with Gasteiger partial charge in [-0.2, -0.15) is 0 Å². The molecule has 2 aliphatic heterocycles. The zero-order valence-electron chi connectivity index (χ0n) is 11.3. The van der Waals surface area contributed by atoms with Gasteiger partial charge in [0.25, 0.3) is 0 Å². The summed E-state index contributed by atoms with van der Waals surface area (Å²) in [5.41, 5.74) is 0.992. The number of carbonyl (C=O) groups excluding carboxylic acids is 1. The average Bonchev–Trinajstić information content (AvgIpc) is 2.49. The van der Waals surface area contributed by atoms with Gasteiger partial charge in [0.1, 0.15) is 5.75 Å². The summed E-state index contributed by atoms with van der Waals surface area (Å²) in [6.45, 7) is 2.44. The lowest BCUT2D eigenvalue weighted by Crippen LogP contribution is -2.40. The van der Waals surface area contributed by atoms with E-state index in [0.717, 1.165) is 43.7 Å². The highest BCUT2D eigenvalue weighted by atomic mass is 35.5. The van der Waals surface area contributed by atoms with Gasteiger partial charge in [-0.15, -0.1) is 0 Å². The summed E-state index contributed by atoms with van der Waals surface area (Å²) in [6, 6.07) is 5.71. The van der Waals surface area contributed by atoms with Gasteiger partial charge in [0.05, 0.1) is 17.7 Å². The molecule has 3 rings (SSSR count). The van der Waals surface area contributed by atoms with Gasteiger partial charge in [0.2, 0.25) is 5.91 Å². The number of piperidine rings is 1. The van der Waals surface area contributed by atoms with Crippen LogP contribution in [0.4, 0.5) is 0 Å². The lowest BCUT2D eigenvalue weighted by Gasteiger charge is -2.29. The number of hydrogen-bond acceptors (Lipinski definition) is 3. The lowest BCUT2D eigenvalue weighted by atomic mass is 9.95. The molecule has 4 nitrogen and oxygen atoms in total. The Morgan fingerprint density at radius 3 is 2.90 bits per heavy atom. The average molecular weight is 295 g/mol. The van der Waals surface area contributed by atoms with Crippen LogP contribution in [0.3, 0.4) is 0 Å². The fourth-order valence-electron chi connectivity index (χ4n) is 2.91. The van der Waals surface area contributed by atoms with Crippen molar-refractivity contribution in [2.75, 3.05) is 19.7 Å². The first-order chi connectivity index (χ1) is 9.75. The molecule has 1 saturated heterocycles. The molecule has 1 amide bonds. The van der Waals surface area contributed by atoms with Crippen molar-refractivity contribution in [3.05, 3.63) is 28.8 Å². The zero-order chi connectivity index (χ0) is 13.9. The fourth-order valence-corrected chi connectivity index (χ4v) is 3.15. The molecule has 0 spiro atoms. The van der Waals surface area contributed by atoms with Crippen LogP contribution < -0.4 is 15.4 Å². The molecule has 1 atom stereocenters. The number of benzene rings is 1. The van der Waals surface area contributed by atoms with E-state index in [0.29, 0.717) is 11.6 Å². The summed E-state index contributed by atoms with van der Waals surface area (Å²) in [7, 11) is 0. The molecule has 2 aliphatic rings. The van der Waals surface area contributed by atoms with Gasteiger partial charge in [-0.25, -0.2) is 0 Å². The minimum absolute atomic E-state index is 0.0137. The molecule has 0 bridgehead atoms. The minimum Gasteiger partial charge on any atom is -0.492 e. The van der Waals surface area contributed by atoms with Gasteiger partial charge in [-0.1, -0.05) is 23.7 Å². The summed E-state index contributed by atoms with van der Waals surface area (Å²) in [5.74, 6) is 1.00. The van der Waals surface area contributed by atoms with Crippen molar-refractivity contribution in [2.24, 2.45) is 5.92 Å². The van der Waals surface area contributed by atoms with Crippen molar-refractivity contribution < 1.29 is 9.53 Å². The zero-order valence-corrected chi connectivity index (χ0v) is 12.1. The van der Waals surface area contributed by atoms with E-state index in [-0.39, 0.29) is 17.9 Å². The SMILES string of the molecule is O=C(NC1CCOc2c(Cl)cccc21)C1CCNCC1. The molecule has 5 heteroatoms. The van der Waals surface area contributed by atoms with Gasteiger partial charge in [0, 0.05) is 17.9 Å².